The van der Waals surface area contributed by atoms with Crippen LogP contribution in [0.4, 0.5) is 0 Å². The molecule has 6 N–H and O–H groups in total. The van der Waals surface area contributed by atoms with Gasteiger partial charge in [0.2, 0.25) is 11.8 Å². The number of nitrogens with zero attached hydrogens (tertiary/aromatic N) is 1. The SMILES string of the molecule is N[C@@H](Cc1cc2ccccc2[nH]1)C(=O)N1Cc2ccccc2C[C@H]1C(=O)N[C@@H](Cc1cc2ccccc2[nH]1)C(=O)O. The number of para-hydroxylation sites is 2. The molecule has 0 aliphatic carbocycles. The van der Waals surface area contributed by atoms with Crippen molar-refractivity contribution >= 4 is 39.6 Å². The molecule has 1 aliphatic heterocycles. The van der Waals surface area contributed by atoms with E-state index in [1.54, 1.807) is 0 Å². The Balaban J connectivity index is 1.22. The summed E-state index contributed by atoms with van der Waals surface area (Å²) in [5, 5.41) is 14.7. The number of carboxylic acids is 1. The van der Waals surface area contributed by atoms with Crippen LogP contribution in [0, 0.1) is 0 Å². The van der Waals surface area contributed by atoms with Gasteiger partial charge in [0.15, 0.2) is 0 Å². The van der Waals surface area contributed by atoms with Crippen molar-refractivity contribution in [2.75, 3.05) is 0 Å². The molecule has 0 spiro atoms. The van der Waals surface area contributed by atoms with Gasteiger partial charge in [-0.3, -0.25) is 9.59 Å². The van der Waals surface area contributed by atoms with Crippen LogP contribution in [-0.2, 0) is 40.2 Å². The molecule has 3 aromatic carbocycles. The van der Waals surface area contributed by atoms with Crippen LogP contribution in [-0.4, -0.2) is 55.9 Å². The smallest absolute Gasteiger partial charge is 0.326 e. The molecule has 1 aliphatic rings. The summed E-state index contributed by atoms with van der Waals surface area (Å²) < 4.78 is 0. The van der Waals surface area contributed by atoms with Gasteiger partial charge in [-0.15, -0.1) is 0 Å². The molecule has 0 radical (unpaired) electrons. The van der Waals surface area contributed by atoms with Crippen LogP contribution < -0.4 is 11.1 Å². The predicted octanol–water partition coefficient (Wildman–Crippen LogP) is 3.28. The molecule has 0 bridgehead atoms. The molecule has 0 saturated heterocycles. The molecular formula is C32H31N5O4. The molecule has 9 heteroatoms. The maximum atomic E-state index is 13.7. The minimum Gasteiger partial charge on any atom is -0.480 e. The number of hydrogen-bond donors (Lipinski definition) is 5. The van der Waals surface area contributed by atoms with E-state index < -0.39 is 30.0 Å². The van der Waals surface area contributed by atoms with Crippen LogP contribution in [0.1, 0.15) is 22.5 Å². The van der Waals surface area contributed by atoms with Crippen LogP contribution in [0.15, 0.2) is 84.9 Å². The van der Waals surface area contributed by atoms with Crippen molar-refractivity contribution < 1.29 is 19.5 Å². The van der Waals surface area contributed by atoms with Crippen LogP contribution in [0.25, 0.3) is 21.8 Å². The lowest BCUT2D eigenvalue weighted by Gasteiger charge is -2.37. The molecule has 2 aromatic heterocycles. The Labute approximate surface area is 236 Å². The first kappa shape index (κ1) is 26.3. The molecule has 0 unspecified atom stereocenters. The Kier molecular flexibility index (Phi) is 7.03. The number of carbonyl (C=O) groups is 3. The van der Waals surface area contributed by atoms with E-state index in [1.165, 1.54) is 4.90 Å². The fourth-order valence-corrected chi connectivity index (χ4v) is 5.70. The van der Waals surface area contributed by atoms with Crippen molar-refractivity contribution in [3.63, 3.8) is 0 Å². The molecule has 0 saturated carbocycles. The van der Waals surface area contributed by atoms with Crippen molar-refractivity contribution in [2.24, 2.45) is 5.73 Å². The van der Waals surface area contributed by atoms with Crippen molar-refractivity contribution in [1.82, 2.24) is 20.2 Å². The number of carboxylic acid groups (broad SMARTS) is 1. The number of nitrogens with one attached hydrogen (secondary N) is 3. The van der Waals surface area contributed by atoms with E-state index >= 15 is 0 Å². The fourth-order valence-electron chi connectivity index (χ4n) is 5.70. The molecule has 41 heavy (non-hydrogen) atoms. The van der Waals surface area contributed by atoms with Crippen LogP contribution in [0.2, 0.25) is 0 Å². The largest absolute Gasteiger partial charge is 0.480 e. The molecule has 5 aromatic rings. The number of benzene rings is 3. The van der Waals surface area contributed by atoms with Crippen LogP contribution in [0.5, 0.6) is 0 Å². The molecule has 3 atom stereocenters. The summed E-state index contributed by atoms with van der Waals surface area (Å²) in [4.78, 5) is 47.6. The highest BCUT2D eigenvalue weighted by Gasteiger charge is 2.38. The highest BCUT2D eigenvalue weighted by Crippen LogP contribution is 2.25. The zero-order valence-corrected chi connectivity index (χ0v) is 22.3. The summed E-state index contributed by atoms with van der Waals surface area (Å²) in [6.45, 7) is 0.216. The lowest BCUT2D eigenvalue weighted by atomic mass is 9.92. The summed E-state index contributed by atoms with van der Waals surface area (Å²) in [6.07, 6.45) is 0.622. The first-order valence-corrected chi connectivity index (χ1v) is 13.6. The average Bonchev–Trinajstić information content (AvgIpc) is 3.58. The van der Waals surface area contributed by atoms with Crippen LogP contribution >= 0.6 is 0 Å². The molecular weight excluding hydrogens is 518 g/mol. The molecule has 9 nitrogen and oxygen atoms in total. The highest BCUT2D eigenvalue weighted by atomic mass is 16.4. The van der Waals surface area contributed by atoms with Gasteiger partial charge in [0.05, 0.1) is 6.04 Å². The lowest BCUT2D eigenvalue weighted by molar-refractivity contribution is -0.146. The third kappa shape index (κ3) is 5.44. The summed E-state index contributed by atoms with van der Waals surface area (Å²) in [5.41, 5.74) is 11.7. The number of hydrogen-bond acceptors (Lipinski definition) is 4. The van der Waals surface area contributed by atoms with E-state index in [1.807, 2.05) is 84.9 Å². The van der Waals surface area contributed by atoms with Crippen molar-refractivity contribution in [1.29, 1.82) is 0 Å². The second-order valence-electron chi connectivity index (χ2n) is 10.6. The number of nitrogens with two attached hydrogens (primary N) is 1. The number of rotatable bonds is 8. The molecule has 6 rings (SSSR count). The Morgan fingerprint density at radius 2 is 1.41 bits per heavy atom. The quantitative estimate of drug-likeness (QED) is 0.202. The standard InChI is InChI=1S/C32H31N5O4/c33-25(16-23-13-20-8-3-5-11-26(20)34-23)31(39)37-18-22-10-2-1-7-19(22)15-29(37)30(38)36-28(32(40)41)17-24-14-21-9-4-6-12-27(21)35-24/h1-14,25,28-29,34-35H,15-18,33H2,(H,36,38)(H,40,41)/t25-,28-,29-/m0/s1. The van der Waals surface area contributed by atoms with E-state index in [0.29, 0.717) is 5.69 Å². The summed E-state index contributed by atoms with van der Waals surface area (Å²) in [7, 11) is 0. The molecule has 208 valence electrons. The highest BCUT2D eigenvalue weighted by molar-refractivity contribution is 5.93. The Bertz CT molecular complexity index is 1690. The maximum Gasteiger partial charge on any atom is 0.326 e. The number of carbonyl (C=O) groups excluding carboxylic acids is 2. The minimum atomic E-state index is -1.18. The third-order valence-corrected chi connectivity index (χ3v) is 7.80. The molecule has 2 amide bonds. The summed E-state index contributed by atoms with van der Waals surface area (Å²) in [6, 6.07) is 24.0. The second-order valence-corrected chi connectivity index (χ2v) is 10.6. The number of fused-ring (bicyclic) bond motifs is 3. The number of H-pyrrole nitrogens is 2. The Morgan fingerprint density at radius 3 is 2.02 bits per heavy atom. The number of amides is 2. The van der Waals surface area contributed by atoms with Gasteiger partial charge < -0.3 is 31.0 Å². The van der Waals surface area contributed by atoms with Gasteiger partial charge in [-0.2, -0.15) is 0 Å². The van der Waals surface area contributed by atoms with Gasteiger partial charge in [0.25, 0.3) is 0 Å². The zero-order chi connectivity index (χ0) is 28.5. The lowest BCUT2D eigenvalue weighted by Crippen LogP contribution is -2.58. The van der Waals surface area contributed by atoms with Crippen LogP contribution in [0.3, 0.4) is 0 Å². The van der Waals surface area contributed by atoms with Gasteiger partial charge in [0, 0.05) is 48.2 Å². The second kappa shape index (κ2) is 10.9. The van der Waals surface area contributed by atoms with E-state index in [4.69, 9.17) is 5.73 Å². The van der Waals surface area contributed by atoms with Gasteiger partial charge in [-0.05, 0) is 46.2 Å². The first-order valence-electron chi connectivity index (χ1n) is 13.6. The molecule has 0 fully saturated rings. The summed E-state index contributed by atoms with van der Waals surface area (Å²) >= 11 is 0. The van der Waals surface area contributed by atoms with Gasteiger partial charge >= 0.3 is 5.97 Å². The van der Waals surface area contributed by atoms with E-state index in [0.717, 1.165) is 38.6 Å². The van der Waals surface area contributed by atoms with E-state index in [2.05, 4.69) is 15.3 Å². The number of aliphatic carboxylic acids is 1. The first-order chi connectivity index (χ1) is 19.9. The topological polar surface area (TPSA) is 144 Å². The van der Waals surface area contributed by atoms with Gasteiger partial charge in [-0.1, -0.05) is 60.7 Å². The predicted molar refractivity (Wildman–Crippen MR) is 156 cm³/mol. The normalized spacial score (nSPS) is 16.3. The maximum absolute atomic E-state index is 13.7. The average molecular weight is 550 g/mol. The molecule has 3 heterocycles. The Hall–Kier alpha value is -4.89. The van der Waals surface area contributed by atoms with E-state index in [9.17, 15) is 19.5 Å². The van der Waals surface area contributed by atoms with E-state index in [-0.39, 0.29) is 31.7 Å². The minimum absolute atomic E-state index is 0.0763. The number of aromatic amines is 2. The number of aromatic nitrogens is 2. The summed E-state index contributed by atoms with van der Waals surface area (Å²) in [5.74, 6) is -2.03. The van der Waals surface area contributed by atoms with Gasteiger partial charge in [0.1, 0.15) is 12.1 Å². The zero-order valence-electron chi connectivity index (χ0n) is 22.3. The van der Waals surface area contributed by atoms with Crippen molar-refractivity contribution in [2.45, 2.75) is 43.9 Å². The Morgan fingerprint density at radius 1 is 0.854 bits per heavy atom. The fraction of sp³-hybridized carbons (Fsp3) is 0.219. The van der Waals surface area contributed by atoms with Crippen molar-refractivity contribution in [3.8, 4) is 0 Å². The third-order valence-electron chi connectivity index (χ3n) is 7.80. The van der Waals surface area contributed by atoms with Gasteiger partial charge in [-0.25, -0.2) is 4.79 Å². The van der Waals surface area contributed by atoms with Crippen molar-refractivity contribution in [3.05, 3.63) is 107 Å². The monoisotopic (exact) mass is 549 g/mol.